The van der Waals surface area contributed by atoms with Gasteiger partial charge in [-0.2, -0.15) is 5.10 Å². The number of nitrogens with zero attached hydrogens (tertiary/aromatic N) is 2. The number of rotatable bonds is 4. The van der Waals surface area contributed by atoms with Gasteiger partial charge in [-0.1, -0.05) is 11.6 Å². The lowest BCUT2D eigenvalue weighted by Gasteiger charge is -2.05. The third-order valence-electron chi connectivity index (χ3n) is 2.33. The Hall–Kier alpha value is -0.540. The van der Waals surface area contributed by atoms with Crippen LogP contribution in [0.15, 0.2) is 6.20 Å². The minimum Gasteiger partial charge on any atom is -0.308 e. The van der Waals surface area contributed by atoms with E-state index >= 15 is 0 Å². The van der Waals surface area contributed by atoms with Gasteiger partial charge in [0.15, 0.2) is 0 Å². The topological polar surface area (TPSA) is 29.9 Å². The van der Waals surface area contributed by atoms with Crippen LogP contribution in [0.4, 0.5) is 0 Å². The van der Waals surface area contributed by atoms with Gasteiger partial charge in [-0.25, -0.2) is 0 Å². The van der Waals surface area contributed by atoms with Gasteiger partial charge in [-0.05, 0) is 19.8 Å². The molecule has 1 aromatic rings. The van der Waals surface area contributed by atoms with Gasteiger partial charge in [0.25, 0.3) is 0 Å². The summed E-state index contributed by atoms with van der Waals surface area (Å²) in [5, 5.41) is 8.38. The number of hydrogen-bond acceptors (Lipinski definition) is 2. The SMILES string of the molecule is CCn1ncc(Cl)c1CNC1CC1. The van der Waals surface area contributed by atoms with Crippen LogP contribution in [0, 0.1) is 0 Å². The van der Waals surface area contributed by atoms with Gasteiger partial charge < -0.3 is 5.32 Å². The molecule has 1 aromatic heterocycles. The van der Waals surface area contributed by atoms with Crippen molar-refractivity contribution in [3.8, 4) is 0 Å². The first-order valence-electron chi connectivity index (χ1n) is 4.75. The van der Waals surface area contributed by atoms with Gasteiger partial charge in [0, 0.05) is 19.1 Å². The molecular weight excluding hydrogens is 186 g/mol. The Bertz CT molecular complexity index is 291. The summed E-state index contributed by atoms with van der Waals surface area (Å²) in [6, 6.07) is 0.719. The fourth-order valence-electron chi connectivity index (χ4n) is 1.36. The standard InChI is InChI=1S/C9H14ClN3/c1-2-13-9(8(10)5-12-13)6-11-7-3-4-7/h5,7,11H,2-4,6H2,1H3. The normalized spacial score (nSPS) is 16.5. The molecule has 0 aromatic carbocycles. The van der Waals surface area contributed by atoms with Crippen molar-refractivity contribution >= 4 is 11.6 Å². The molecule has 1 N–H and O–H groups in total. The molecule has 0 saturated heterocycles. The molecule has 3 nitrogen and oxygen atoms in total. The molecule has 1 heterocycles. The Kier molecular flexibility index (Phi) is 2.56. The Labute approximate surface area is 83.1 Å². The summed E-state index contributed by atoms with van der Waals surface area (Å²) in [6.45, 7) is 3.80. The molecule has 72 valence electrons. The molecule has 4 heteroatoms. The van der Waals surface area contributed by atoms with E-state index in [9.17, 15) is 0 Å². The third kappa shape index (κ3) is 2.03. The first-order valence-corrected chi connectivity index (χ1v) is 5.12. The summed E-state index contributed by atoms with van der Waals surface area (Å²) in [6.07, 6.45) is 4.32. The predicted molar refractivity (Wildman–Crippen MR) is 52.8 cm³/mol. The maximum atomic E-state index is 6.00. The largest absolute Gasteiger partial charge is 0.308 e. The molecule has 13 heavy (non-hydrogen) atoms. The van der Waals surface area contributed by atoms with E-state index in [0.717, 1.165) is 29.8 Å². The van der Waals surface area contributed by atoms with Crippen molar-refractivity contribution in [2.24, 2.45) is 0 Å². The molecule has 0 amide bonds. The van der Waals surface area contributed by atoms with Crippen LogP contribution in [0.2, 0.25) is 5.02 Å². The van der Waals surface area contributed by atoms with Gasteiger partial charge >= 0.3 is 0 Å². The number of aromatic nitrogens is 2. The molecule has 0 atom stereocenters. The molecule has 1 aliphatic rings. The van der Waals surface area contributed by atoms with E-state index in [-0.39, 0.29) is 0 Å². The zero-order valence-electron chi connectivity index (χ0n) is 7.76. The van der Waals surface area contributed by atoms with Crippen LogP contribution >= 0.6 is 11.6 Å². The molecule has 1 aliphatic carbocycles. The lowest BCUT2D eigenvalue weighted by atomic mass is 10.4. The molecule has 0 spiro atoms. The van der Waals surface area contributed by atoms with Crippen molar-refractivity contribution in [1.82, 2.24) is 15.1 Å². The maximum Gasteiger partial charge on any atom is 0.0831 e. The fraction of sp³-hybridized carbons (Fsp3) is 0.667. The average Bonchev–Trinajstić information content (AvgIpc) is 2.88. The van der Waals surface area contributed by atoms with E-state index in [1.807, 2.05) is 4.68 Å². The first kappa shape index (κ1) is 9.03. The minimum absolute atomic E-state index is 0.719. The van der Waals surface area contributed by atoms with Gasteiger partial charge in [-0.3, -0.25) is 4.68 Å². The summed E-state index contributed by atoms with van der Waals surface area (Å²) in [7, 11) is 0. The highest BCUT2D eigenvalue weighted by molar-refractivity contribution is 6.31. The van der Waals surface area contributed by atoms with Crippen LogP contribution in [0.1, 0.15) is 25.5 Å². The van der Waals surface area contributed by atoms with E-state index in [4.69, 9.17) is 11.6 Å². The van der Waals surface area contributed by atoms with Crippen LogP contribution in [0.25, 0.3) is 0 Å². The van der Waals surface area contributed by atoms with Crippen molar-refractivity contribution in [3.05, 3.63) is 16.9 Å². The quantitative estimate of drug-likeness (QED) is 0.802. The lowest BCUT2D eigenvalue weighted by molar-refractivity contribution is 0.580. The minimum atomic E-state index is 0.719. The predicted octanol–water partition coefficient (Wildman–Crippen LogP) is 1.81. The monoisotopic (exact) mass is 199 g/mol. The Morgan fingerprint density at radius 3 is 3.08 bits per heavy atom. The van der Waals surface area contributed by atoms with Crippen LogP contribution < -0.4 is 5.32 Å². The van der Waals surface area contributed by atoms with Crippen molar-refractivity contribution in [2.75, 3.05) is 0 Å². The third-order valence-corrected chi connectivity index (χ3v) is 2.65. The molecule has 0 unspecified atom stereocenters. The second-order valence-corrected chi connectivity index (χ2v) is 3.82. The van der Waals surface area contributed by atoms with Gasteiger partial charge in [0.2, 0.25) is 0 Å². The highest BCUT2D eigenvalue weighted by Crippen LogP contribution is 2.21. The van der Waals surface area contributed by atoms with Crippen molar-refractivity contribution in [1.29, 1.82) is 0 Å². The number of halogens is 1. The number of nitrogens with one attached hydrogen (secondary N) is 1. The number of aryl methyl sites for hydroxylation is 1. The summed E-state index contributed by atoms with van der Waals surface area (Å²) < 4.78 is 1.94. The van der Waals surface area contributed by atoms with E-state index in [0.29, 0.717) is 0 Å². The highest BCUT2D eigenvalue weighted by atomic mass is 35.5. The van der Waals surface area contributed by atoms with Gasteiger partial charge in [-0.15, -0.1) is 0 Å². The van der Waals surface area contributed by atoms with Crippen LogP contribution in [-0.4, -0.2) is 15.8 Å². The van der Waals surface area contributed by atoms with Gasteiger partial charge in [0.1, 0.15) is 0 Å². The average molecular weight is 200 g/mol. The smallest absolute Gasteiger partial charge is 0.0831 e. The van der Waals surface area contributed by atoms with Gasteiger partial charge in [0.05, 0.1) is 16.9 Å². The summed E-state index contributed by atoms with van der Waals surface area (Å²) in [5.74, 6) is 0. The van der Waals surface area contributed by atoms with E-state index in [1.165, 1.54) is 12.8 Å². The molecule has 0 bridgehead atoms. The lowest BCUT2D eigenvalue weighted by Crippen LogP contribution is -2.18. The zero-order chi connectivity index (χ0) is 9.26. The van der Waals surface area contributed by atoms with Crippen molar-refractivity contribution < 1.29 is 0 Å². The highest BCUT2D eigenvalue weighted by Gasteiger charge is 2.21. The summed E-state index contributed by atoms with van der Waals surface area (Å²) in [4.78, 5) is 0. The summed E-state index contributed by atoms with van der Waals surface area (Å²) >= 11 is 6.00. The second-order valence-electron chi connectivity index (χ2n) is 3.41. The zero-order valence-corrected chi connectivity index (χ0v) is 8.51. The number of hydrogen-bond donors (Lipinski definition) is 1. The fourth-order valence-corrected chi connectivity index (χ4v) is 1.57. The maximum absolute atomic E-state index is 6.00. The van der Waals surface area contributed by atoms with Crippen molar-refractivity contribution in [3.63, 3.8) is 0 Å². The molecule has 2 rings (SSSR count). The molecule has 0 aliphatic heterocycles. The molecular formula is C9H14ClN3. The van der Waals surface area contributed by atoms with Crippen LogP contribution in [-0.2, 0) is 13.1 Å². The summed E-state index contributed by atoms with van der Waals surface area (Å²) in [5.41, 5.74) is 1.11. The van der Waals surface area contributed by atoms with Crippen LogP contribution in [0.5, 0.6) is 0 Å². The second kappa shape index (κ2) is 3.68. The van der Waals surface area contributed by atoms with Crippen molar-refractivity contribution in [2.45, 2.75) is 38.9 Å². The van der Waals surface area contributed by atoms with Crippen LogP contribution in [0.3, 0.4) is 0 Å². The van der Waals surface area contributed by atoms with E-state index in [2.05, 4.69) is 17.3 Å². The molecule has 0 radical (unpaired) electrons. The van der Waals surface area contributed by atoms with E-state index in [1.54, 1.807) is 6.20 Å². The Morgan fingerprint density at radius 1 is 1.69 bits per heavy atom. The first-order chi connectivity index (χ1) is 6.31. The Balaban J connectivity index is 2.02. The van der Waals surface area contributed by atoms with E-state index < -0.39 is 0 Å². The Morgan fingerprint density at radius 2 is 2.46 bits per heavy atom. The molecule has 1 fully saturated rings. The molecule has 1 saturated carbocycles.